The van der Waals surface area contributed by atoms with Crippen LogP contribution in [0, 0.1) is 5.92 Å². The van der Waals surface area contributed by atoms with Crippen molar-refractivity contribution in [1.29, 1.82) is 0 Å². The van der Waals surface area contributed by atoms with Crippen LogP contribution in [0.5, 0.6) is 0 Å². The van der Waals surface area contributed by atoms with Crippen LogP contribution in [0.1, 0.15) is 29.3 Å². The maximum atomic E-state index is 12.4. The summed E-state index contributed by atoms with van der Waals surface area (Å²) in [6.45, 7) is 4.55. The molecule has 1 aromatic carbocycles. The summed E-state index contributed by atoms with van der Waals surface area (Å²) in [5, 5.41) is 0. The lowest BCUT2D eigenvalue weighted by atomic mass is 10.0. The van der Waals surface area contributed by atoms with Gasteiger partial charge in [-0.3, -0.25) is 4.79 Å². The number of carbonyl (C=O) groups is 1. The van der Waals surface area contributed by atoms with Crippen LogP contribution in [0.4, 0.5) is 0 Å². The highest BCUT2D eigenvalue weighted by Gasteiger charge is 2.25. The van der Waals surface area contributed by atoms with E-state index in [-0.39, 0.29) is 5.91 Å². The zero-order valence-corrected chi connectivity index (χ0v) is 10.4. The van der Waals surface area contributed by atoms with Crippen molar-refractivity contribution in [2.24, 2.45) is 11.7 Å². The molecule has 3 nitrogen and oxygen atoms in total. The summed E-state index contributed by atoms with van der Waals surface area (Å²) in [4.78, 5) is 14.3. The molecule has 1 amide bonds. The number of benzene rings is 1. The van der Waals surface area contributed by atoms with E-state index in [1.54, 1.807) is 0 Å². The van der Waals surface area contributed by atoms with E-state index in [9.17, 15) is 4.79 Å². The fraction of sp³-hybridized carbons (Fsp3) is 0.500. The molecule has 1 unspecified atom stereocenters. The lowest BCUT2D eigenvalue weighted by Gasteiger charge is -2.18. The number of likely N-dealkylation sites (tertiary alicyclic amines) is 1. The average molecular weight is 232 g/mol. The Morgan fingerprint density at radius 3 is 2.88 bits per heavy atom. The highest BCUT2D eigenvalue weighted by molar-refractivity contribution is 5.95. The van der Waals surface area contributed by atoms with Crippen molar-refractivity contribution in [2.45, 2.75) is 19.8 Å². The van der Waals surface area contributed by atoms with Gasteiger partial charge in [-0.25, -0.2) is 0 Å². The largest absolute Gasteiger partial charge is 0.338 e. The predicted octanol–water partition coefficient (Wildman–Crippen LogP) is 1.67. The molecule has 92 valence electrons. The molecule has 0 bridgehead atoms. The molecular weight excluding hydrogens is 212 g/mol. The second-order valence-corrected chi connectivity index (χ2v) is 4.84. The van der Waals surface area contributed by atoms with Gasteiger partial charge in [0.15, 0.2) is 0 Å². The van der Waals surface area contributed by atoms with E-state index < -0.39 is 0 Å². The normalized spacial score (nSPS) is 19.6. The maximum Gasteiger partial charge on any atom is 0.254 e. The Bertz CT molecular complexity index is 403. The van der Waals surface area contributed by atoms with Crippen LogP contribution < -0.4 is 5.73 Å². The van der Waals surface area contributed by atoms with Crippen molar-refractivity contribution in [3.63, 3.8) is 0 Å². The fourth-order valence-electron chi connectivity index (χ4n) is 2.39. The molecule has 1 aliphatic heterocycles. The summed E-state index contributed by atoms with van der Waals surface area (Å²) in [7, 11) is 0. The molecule has 0 spiro atoms. The molecule has 0 saturated carbocycles. The van der Waals surface area contributed by atoms with E-state index in [0.717, 1.165) is 37.1 Å². The molecule has 0 aliphatic carbocycles. The van der Waals surface area contributed by atoms with E-state index in [0.29, 0.717) is 12.5 Å². The summed E-state index contributed by atoms with van der Waals surface area (Å²) >= 11 is 0. The second-order valence-electron chi connectivity index (χ2n) is 4.84. The Hall–Kier alpha value is -1.35. The molecule has 1 aromatic rings. The van der Waals surface area contributed by atoms with Crippen LogP contribution in [-0.2, 0) is 6.42 Å². The molecule has 2 N–H and O–H groups in total. The van der Waals surface area contributed by atoms with Gasteiger partial charge < -0.3 is 10.6 Å². The highest BCUT2D eigenvalue weighted by Crippen LogP contribution is 2.19. The SMILES string of the molecule is CC1CCN(C(=O)c2ccccc2CCN)C1. The first-order valence-electron chi connectivity index (χ1n) is 6.29. The highest BCUT2D eigenvalue weighted by atomic mass is 16.2. The molecule has 3 heteroatoms. The monoisotopic (exact) mass is 232 g/mol. The maximum absolute atomic E-state index is 12.4. The van der Waals surface area contributed by atoms with Crippen molar-refractivity contribution in [2.75, 3.05) is 19.6 Å². The Balaban J connectivity index is 2.18. The van der Waals surface area contributed by atoms with E-state index in [4.69, 9.17) is 5.73 Å². The first-order valence-corrected chi connectivity index (χ1v) is 6.29. The van der Waals surface area contributed by atoms with Gasteiger partial charge in [0.2, 0.25) is 0 Å². The molecule has 1 saturated heterocycles. The van der Waals surface area contributed by atoms with Crippen LogP contribution in [0.2, 0.25) is 0 Å². The molecular formula is C14H20N2O. The molecule has 1 heterocycles. The first-order chi connectivity index (χ1) is 8.22. The van der Waals surface area contributed by atoms with Crippen LogP contribution in [0.3, 0.4) is 0 Å². The second kappa shape index (κ2) is 5.32. The zero-order valence-electron chi connectivity index (χ0n) is 10.4. The van der Waals surface area contributed by atoms with E-state index in [1.165, 1.54) is 0 Å². The number of nitrogens with two attached hydrogens (primary N) is 1. The Kier molecular flexibility index (Phi) is 3.79. The first kappa shape index (κ1) is 12.1. The minimum Gasteiger partial charge on any atom is -0.338 e. The van der Waals surface area contributed by atoms with Gasteiger partial charge in [0.1, 0.15) is 0 Å². The number of hydrogen-bond donors (Lipinski definition) is 1. The smallest absolute Gasteiger partial charge is 0.254 e. The lowest BCUT2D eigenvalue weighted by molar-refractivity contribution is 0.0787. The van der Waals surface area contributed by atoms with Crippen LogP contribution in [0.25, 0.3) is 0 Å². The summed E-state index contributed by atoms with van der Waals surface area (Å²) in [5.74, 6) is 0.791. The summed E-state index contributed by atoms with van der Waals surface area (Å²) < 4.78 is 0. The summed E-state index contributed by atoms with van der Waals surface area (Å²) in [6.07, 6.45) is 1.89. The number of amides is 1. The van der Waals surface area contributed by atoms with Crippen LogP contribution >= 0.6 is 0 Å². The fourth-order valence-corrected chi connectivity index (χ4v) is 2.39. The molecule has 0 radical (unpaired) electrons. The van der Waals surface area contributed by atoms with Crippen molar-refractivity contribution in [1.82, 2.24) is 4.90 Å². The van der Waals surface area contributed by atoms with Crippen molar-refractivity contribution in [3.05, 3.63) is 35.4 Å². The summed E-state index contributed by atoms with van der Waals surface area (Å²) in [6, 6.07) is 7.80. The number of nitrogens with zero attached hydrogens (tertiary/aromatic N) is 1. The van der Waals surface area contributed by atoms with Crippen molar-refractivity contribution < 1.29 is 4.79 Å². The Morgan fingerprint density at radius 1 is 1.47 bits per heavy atom. The minimum absolute atomic E-state index is 0.165. The zero-order chi connectivity index (χ0) is 12.3. The minimum atomic E-state index is 0.165. The van der Waals surface area contributed by atoms with Gasteiger partial charge in [0, 0.05) is 18.7 Å². The van der Waals surface area contributed by atoms with E-state index in [2.05, 4.69) is 6.92 Å². The van der Waals surface area contributed by atoms with Crippen LogP contribution in [-0.4, -0.2) is 30.4 Å². The van der Waals surface area contributed by atoms with Gasteiger partial charge in [-0.2, -0.15) is 0 Å². The molecule has 0 aromatic heterocycles. The Morgan fingerprint density at radius 2 is 2.24 bits per heavy atom. The predicted molar refractivity (Wildman–Crippen MR) is 68.9 cm³/mol. The standard InChI is InChI=1S/C14H20N2O/c1-11-7-9-16(10-11)14(17)13-5-3-2-4-12(13)6-8-15/h2-5,11H,6-10,15H2,1H3. The van der Waals surface area contributed by atoms with Crippen molar-refractivity contribution in [3.8, 4) is 0 Å². The molecule has 17 heavy (non-hydrogen) atoms. The number of hydrogen-bond acceptors (Lipinski definition) is 2. The molecule has 1 fully saturated rings. The third kappa shape index (κ3) is 2.67. The number of carbonyl (C=O) groups excluding carboxylic acids is 1. The molecule has 2 rings (SSSR count). The van der Waals surface area contributed by atoms with Gasteiger partial charge >= 0.3 is 0 Å². The molecule has 1 aliphatic rings. The Labute approximate surface area is 103 Å². The van der Waals surface area contributed by atoms with Gasteiger partial charge in [-0.1, -0.05) is 25.1 Å². The average Bonchev–Trinajstić information content (AvgIpc) is 2.76. The lowest BCUT2D eigenvalue weighted by Crippen LogP contribution is -2.29. The van der Waals surface area contributed by atoms with Gasteiger partial charge in [-0.05, 0) is 36.9 Å². The third-order valence-corrected chi connectivity index (χ3v) is 3.37. The van der Waals surface area contributed by atoms with Gasteiger partial charge in [0.05, 0.1) is 0 Å². The third-order valence-electron chi connectivity index (χ3n) is 3.37. The summed E-state index contributed by atoms with van der Waals surface area (Å²) in [5.41, 5.74) is 7.48. The topological polar surface area (TPSA) is 46.3 Å². The quantitative estimate of drug-likeness (QED) is 0.861. The van der Waals surface area contributed by atoms with Crippen LogP contribution in [0.15, 0.2) is 24.3 Å². The van der Waals surface area contributed by atoms with Gasteiger partial charge in [-0.15, -0.1) is 0 Å². The number of rotatable bonds is 3. The molecule has 1 atom stereocenters. The van der Waals surface area contributed by atoms with E-state index in [1.807, 2.05) is 29.2 Å². The van der Waals surface area contributed by atoms with E-state index >= 15 is 0 Å². The van der Waals surface area contributed by atoms with Gasteiger partial charge in [0.25, 0.3) is 5.91 Å². The van der Waals surface area contributed by atoms with Crippen molar-refractivity contribution >= 4 is 5.91 Å².